The molecule has 1 aromatic carbocycles. The Kier molecular flexibility index (Phi) is 2.79. The molecule has 0 amide bonds. The first-order valence-corrected chi connectivity index (χ1v) is 6.70. The van der Waals surface area contributed by atoms with Crippen LogP contribution >= 0.6 is 0 Å². The summed E-state index contributed by atoms with van der Waals surface area (Å²) >= 11 is 0. The molecule has 0 bridgehead atoms. The van der Waals surface area contributed by atoms with E-state index in [9.17, 15) is 8.42 Å². The molecule has 0 saturated carbocycles. The standard InChI is InChI=1S/C12H14N2O2S/c1-9-4-6-12(7-5-9)17(15,16)14-8-13-10(2)11(14)3/h4-8H,1-3H3. The van der Waals surface area contributed by atoms with Crippen LogP contribution in [-0.2, 0) is 10.0 Å². The second kappa shape index (κ2) is 4.00. The molecule has 5 heteroatoms. The second-order valence-corrected chi connectivity index (χ2v) is 5.84. The number of aryl methyl sites for hydroxylation is 2. The van der Waals surface area contributed by atoms with Gasteiger partial charge in [0, 0.05) is 0 Å². The molecule has 0 spiro atoms. The smallest absolute Gasteiger partial charge is 0.241 e. The summed E-state index contributed by atoms with van der Waals surface area (Å²) < 4.78 is 25.8. The fourth-order valence-electron chi connectivity index (χ4n) is 1.54. The molecule has 4 nitrogen and oxygen atoms in total. The van der Waals surface area contributed by atoms with Gasteiger partial charge >= 0.3 is 0 Å². The van der Waals surface area contributed by atoms with Crippen molar-refractivity contribution in [2.45, 2.75) is 25.7 Å². The molecule has 17 heavy (non-hydrogen) atoms. The summed E-state index contributed by atoms with van der Waals surface area (Å²) in [6.45, 7) is 5.45. The van der Waals surface area contributed by atoms with Crippen LogP contribution in [-0.4, -0.2) is 17.4 Å². The van der Waals surface area contributed by atoms with Crippen molar-refractivity contribution < 1.29 is 8.42 Å². The summed E-state index contributed by atoms with van der Waals surface area (Å²) in [5.74, 6) is 0. The summed E-state index contributed by atoms with van der Waals surface area (Å²) in [7, 11) is -3.51. The van der Waals surface area contributed by atoms with E-state index in [0.29, 0.717) is 5.69 Å². The van der Waals surface area contributed by atoms with Gasteiger partial charge < -0.3 is 0 Å². The maximum Gasteiger partial charge on any atom is 0.269 e. The Labute approximate surface area is 101 Å². The van der Waals surface area contributed by atoms with Gasteiger partial charge in [-0.3, -0.25) is 0 Å². The van der Waals surface area contributed by atoms with Gasteiger partial charge in [-0.1, -0.05) is 17.7 Å². The van der Waals surface area contributed by atoms with Gasteiger partial charge in [0.15, 0.2) is 0 Å². The highest BCUT2D eigenvalue weighted by Crippen LogP contribution is 2.17. The van der Waals surface area contributed by atoms with Crippen LogP contribution < -0.4 is 0 Å². The largest absolute Gasteiger partial charge is 0.269 e. The lowest BCUT2D eigenvalue weighted by molar-refractivity contribution is 0.586. The van der Waals surface area contributed by atoms with Crippen molar-refractivity contribution in [2.75, 3.05) is 0 Å². The van der Waals surface area contributed by atoms with E-state index in [2.05, 4.69) is 4.98 Å². The Balaban J connectivity index is 2.58. The lowest BCUT2D eigenvalue weighted by atomic mass is 10.2. The van der Waals surface area contributed by atoms with Gasteiger partial charge in [-0.2, -0.15) is 0 Å². The van der Waals surface area contributed by atoms with Crippen molar-refractivity contribution in [3.05, 3.63) is 47.5 Å². The monoisotopic (exact) mass is 250 g/mol. The number of rotatable bonds is 2. The lowest BCUT2D eigenvalue weighted by Crippen LogP contribution is -2.13. The fourth-order valence-corrected chi connectivity index (χ4v) is 2.92. The summed E-state index contributed by atoms with van der Waals surface area (Å²) in [5.41, 5.74) is 2.40. The Hall–Kier alpha value is -1.62. The van der Waals surface area contributed by atoms with E-state index in [4.69, 9.17) is 0 Å². The molecule has 0 aliphatic carbocycles. The van der Waals surface area contributed by atoms with Crippen LogP contribution in [0.1, 0.15) is 17.0 Å². The van der Waals surface area contributed by atoms with Crippen molar-refractivity contribution in [2.24, 2.45) is 0 Å². The topological polar surface area (TPSA) is 52.0 Å². The van der Waals surface area contributed by atoms with Crippen LogP contribution in [0.2, 0.25) is 0 Å². The number of nitrogens with zero attached hydrogens (tertiary/aromatic N) is 2. The fraction of sp³-hybridized carbons (Fsp3) is 0.250. The molecule has 0 aliphatic rings. The second-order valence-electron chi connectivity index (χ2n) is 4.03. The van der Waals surface area contributed by atoms with Gasteiger partial charge in [-0.25, -0.2) is 17.4 Å². The van der Waals surface area contributed by atoms with E-state index in [0.717, 1.165) is 11.3 Å². The van der Waals surface area contributed by atoms with Crippen molar-refractivity contribution in [1.82, 2.24) is 8.96 Å². The normalized spacial score (nSPS) is 11.7. The Morgan fingerprint density at radius 1 is 1.06 bits per heavy atom. The third kappa shape index (κ3) is 1.98. The van der Waals surface area contributed by atoms with E-state index in [1.165, 1.54) is 10.3 Å². The Morgan fingerprint density at radius 3 is 2.12 bits per heavy atom. The third-order valence-electron chi connectivity index (χ3n) is 2.79. The number of benzene rings is 1. The van der Waals surface area contributed by atoms with Crippen LogP contribution in [0.25, 0.3) is 0 Å². The minimum atomic E-state index is -3.51. The summed E-state index contributed by atoms with van der Waals surface area (Å²) in [6.07, 6.45) is 1.35. The molecular formula is C12H14N2O2S. The number of imidazole rings is 1. The molecule has 0 unspecified atom stereocenters. The van der Waals surface area contributed by atoms with Crippen molar-refractivity contribution in [3.63, 3.8) is 0 Å². The first kappa shape index (κ1) is 11.9. The first-order chi connectivity index (χ1) is 7.93. The average molecular weight is 250 g/mol. The Bertz CT molecular complexity index is 640. The van der Waals surface area contributed by atoms with Gasteiger partial charge in [0.25, 0.3) is 10.0 Å². The average Bonchev–Trinajstić information content (AvgIpc) is 2.61. The van der Waals surface area contributed by atoms with Crippen molar-refractivity contribution >= 4 is 10.0 Å². The van der Waals surface area contributed by atoms with E-state index >= 15 is 0 Å². The van der Waals surface area contributed by atoms with E-state index in [-0.39, 0.29) is 4.90 Å². The molecule has 0 aliphatic heterocycles. The van der Waals surface area contributed by atoms with E-state index < -0.39 is 10.0 Å². The summed E-state index contributed by atoms with van der Waals surface area (Å²) in [5, 5.41) is 0. The summed E-state index contributed by atoms with van der Waals surface area (Å²) in [4.78, 5) is 4.29. The Morgan fingerprint density at radius 2 is 1.65 bits per heavy atom. The van der Waals surface area contributed by atoms with Crippen molar-refractivity contribution in [3.8, 4) is 0 Å². The minimum Gasteiger partial charge on any atom is -0.241 e. The zero-order chi connectivity index (χ0) is 12.6. The molecular weight excluding hydrogens is 236 g/mol. The maximum atomic E-state index is 12.3. The van der Waals surface area contributed by atoms with Crippen LogP contribution in [0.5, 0.6) is 0 Å². The third-order valence-corrected chi connectivity index (χ3v) is 4.54. The maximum absolute atomic E-state index is 12.3. The van der Waals surface area contributed by atoms with Gasteiger partial charge in [-0.15, -0.1) is 0 Å². The highest BCUT2D eigenvalue weighted by molar-refractivity contribution is 7.90. The molecule has 2 aromatic rings. The zero-order valence-corrected chi connectivity index (χ0v) is 10.8. The van der Waals surface area contributed by atoms with Crippen LogP contribution in [0.4, 0.5) is 0 Å². The molecule has 90 valence electrons. The van der Waals surface area contributed by atoms with Gasteiger partial charge in [0.1, 0.15) is 6.33 Å². The van der Waals surface area contributed by atoms with Crippen LogP contribution in [0.3, 0.4) is 0 Å². The van der Waals surface area contributed by atoms with E-state index in [1.54, 1.807) is 38.1 Å². The lowest BCUT2D eigenvalue weighted by Gasteiger charge is -2.07. The molecule has 0 saturated heterocycles. The first-order valence-electron chi connectivity index (χ1n) is 5.26. The highest BCUT2D eigenvalue weighted by Gasteiger charge is 2.19. The number of aromatic nitrogens is 2. The molecule has 0 fully saturated rings. The molecule has 0 radical (unpaired) electrons. The quantitative estimate of drug-likeness (QED) is 0.819. The molecule has 0 N–H and O–H groups in total. The molecule has 1 aromatic heterocycles. The molecule has 1 heterocycles. The van der Waals surface area contributed by atoms with Gasteiger partial charge in [-0.05, 0) is 32.9 Å². The van der Waals surface area contributed by atoms with Gasteiger partial charge in [0.2, 0.25) is 0 Å². The number of hydrogen-bond acceptors (Lipinski definition) is 3. The SMILES string of the molecule is Cc1ccc(S(=O)(=O)n2cnc(C)c2C)cc1. The number of hydrogen-bond donors (Lipinski definition) is 0. The summed E-state index contributed by atoms with van der Waals surface area (Å²) in [6, 6.07) is 6.79. The predicted molar refractivity (Wildman–Crippen MR) is 65.5 cm³/mol. The van der Waals surface area contributed by atoms with Crippen LogP contribution in [0, 0.1) is 20.8 Å². The highest BCUT2D eigenvalue weighted by atomic mass is 32.2. The van der Waals surface area contributed by atoms with Gasteiger partial charge in [0.05, 0.1) is 16.3 Å². The minimum absolute atomic E-state index is 0.281. The molecule has 0 atom stereocenters. The molecule has 2 rings (SSSR count). The van der Waals surface area contributed by atoms with E-state index in [1.807, 2.05) is 6.92 Å². The zero-order valence-electron chi connectivity index (χ0n) is 10.0. The van der Waals surface area contributed by atoms with Crippen molar-refractivity contribution in [1.29, 1.82) is 0 Å². The van der Waals surface area contributed by atoms with Crippen LogP contribution in [0.15, 0.2) is 35.5 Å². The predicted octanol–water partition coefficient (Wildman–Crippen LogP) is 2.05.